The molecule has 0 bridgehead atoms. The SMILES string of the molecule is Cn1ccc(CNC(=O)CC2(N)CCC2)n1. The highest BCUT2D eigenvalue weighted by Gasteiger charge is 2.34. The highest BCUT2D eigenvalue weighted by atomic mass is 16.1. The third kappa shape index (κ3) is 2.61. The second-order valence-electron chi connectivity index (χ2n) is 4.65. The van der Waals surface area contributed by atoms with Crippen molar-refractivity contribution in [2.45, 2.75) is 37.8 Å². The van der Waals surface area contributed by atoms with E-state index in [1.165, 1.54) is 0 Å². The van der Waals surface area contributed by atoms with E-state index in [4.69, 9.17) is 5.73 Å². The molecular formula is C11H18N4O. The molecule has 0 atom stereocenters. The zero-order chi connectivity index (χ0) is 11.6. The molecule has 2 rings (SSSR count). The Bertz CT molecular complexity index is 381. The molecule has 1 aromatic heterocycles. The lowest BCUT2D eigenvalue weighted by atomic mass is 9.75. The van der Waals surface area contributed by atoms with Crippen LogP contribution < -0.4 is 11.1 Å². The van der Waals surface area contributed by atoms with Crippen LogP contribution >= 0.6 is 0 Å². The molecule has 1 saturated carbocycles. The minimum atomic E-state index is -0.242. The van der Waals surface area contributed by atoms with Gasteiger partial charge in [-0.1, -0.05) is 0 Å². The molecule has 0 aromatic carbocycles. The number of rotatable bonds is 4. The van der Waals surface area contributed by atoms with E-state index in [0.717, 1.165) is 25.0 Å². The van der Waals surface area contributed by atoms with Crippen molar-refractivity contribution >= 4 is 5.91 Å². The van der Waals surface area contributed by atoms with E-state index < -0.39 is 0 Å². The summed E-state index contributed by atoms with van der Waals surface area (Å²) in [6, 6.07) is 1.89. The summed E-state index contributed by atoms with van der Waals surface area (Å²) in [5.41, 5.74) is 6.63. The number of nitrogens with one attached hydrogen (secondary N) is 1. The van der Waals surface area contributed by atoms with Crippen LogP contribution in [0.25, 0.3) is 0 Å². The number of nitrogens with zero attached hydrogens (tertiary/aromatic N) is 2. The number of aromatic nitrogens is 2. The van der Waals surface area contributed by atoms with E-state index in [9.17, 15) is 4.79 Å². The van der Waals surface area contributed by atoms with Crippen LogP contribution in [0.5, 0.6) is 0 Å². The maximum absolute atomic E-state index is 11.6. The second kappa shape index (κ2) is 4.25. The molecule has 3 N–H and O–H groups in total. The molecule has 16 heavy (non-hydrogen) atoms. The zero-order valence-corrected chi connectivity index (χ0v) is 9.57. The van der Waals surface area contributed by atoms with Gasteiger partial charge in [-0.15, -0.1) is 0 Å². The summed E-state index contributed by atoms with van der Waals surface area (Å²) in [5, 5.41) is 7.03. The monoisotopic (exact) mass is 222 g/mol. The smallest absolute Gasteiger partial charge is 0.222 e. The maximum Gasteiger partial charge on any atom is 0.222 e. The predicted molar refractivity (Wildman–Crippen MR) is 60.4 cm³/mol. The molecule has 0 radical (unpaired) electrons. The largest absolute Gasteiger partial charge is 0.350 e. The normalized spacial score (nSPS) is 17.9. The van der Waals surface area contributed by atoms with Crippen molar-refractivity contribution in [2.24, 2.45) is 12.8 Å². The van der Waals surface area contributed by atoms with Crippen molar-refractivity contribution in [3.8, 4) is 0 Å². The van der Waals surface area contributed by atoms with Crippen molar-refractivity contribution < 1.29 is 4.79 Å². The number of aryl methyl sites for hydroxylation is 1. The molecule has 0 saturated heterocycles. The van der Waals surface area contributed by atoms with E-state index >= 15 is 0 Å². The summed E-state index contributed by atoms with van der Waals surface area (Å²) in [5.74, 6) is 0.0212. The van der Waals surface area contributed by atoms with Gasteiger partial charge in [0.25, 0.3) is 0 Å². The van der Waals surface area contributed by atoms with E-state index in [-0.39, 0.29) is 11.4 Å². The summed E-state index contributed by atoms with van der Waals surface area (Å²) in [7, 11) is 1.86. The van der Waals surface area contributed by atoms with Crippen molar-refractivity contribution in [1.82, 2.24) is 15.1 Å². The lowest BCUT2D eigenvalue weighted by Gasteiger charge is -2.37. The summed E-state index contributed by atoms with van der Waals surface area (Å²) in [4.78, 5) is 11.6. The molecule has 1 aliphatic rings. The van der Waals surface area contributed by atoms with E-state index in [1.54, 1.807) is 4.68 Å². The lowest BCUT2D eigenvalue weighted by molar-refractivity contribution is -0.123. The van der Waals surface area contributed by atoms with Crippen molar-refractivity contribution in [3.63, 3.8) is 0 Å². The summed E-state index contributed by atoms with van der Waals surface area (Å²) < 4.78 is 1.72. The summed E-state index contributed by atoms with van der Waals surface area (Å²) >= 11 is 0. The topological polar surface area (TPSA) is 72.9 Å². The fourth-order valence-electron chi connectivity index (χ4n) is 1.94. The Morgan fingerprint density at radius 2 is 2.44 bits per heavy atom. The molecule has 5 heteroatoms. The molecular weight excluding hydrogens is 204 g/mol. The third-order valence-electron chi connectivity index (χ3n) is 3.10. The number of carbonyl (C=O) groups excluding carboxylic acids is 1. The Hall–Kier alpha value is -1.36. The van der Waals surface area contributed by atoms with Gasteiger partial charge in [0, 0.05) is 25.2 Å². The fourth-order valence-corrected chi connectivity index (χ4v) is 1.94. The Balaban J connectivity index is 1.75. The average Bonchev–Trinajstić information content (AvgIpc) is 2.59. The molecule has 1 aliphatic carbocycles. The first-order chi connectivity index (χ1) is 7.57. The first-order valence-corrected chi connectivity index (χ1v) is 5.62. The second-order valence-corrected chi connectivity index (χ2v) is 4.65. The molecule has 5 nitrogen and oxygen atoms in total. The van der Waals surface area contributed by atoms with Gasteiger partial charge in [0.15, 0.2) is 0 Å². The van der Waals surface area contributed by atoms with Gasteiger partial charge in [0.05, 0.1) is 12.2 Å². The minimum absolute atomic E-state index is 0.0212. The standard InChI is InChI=1S/C11H18N4O/c1-15-6-3-9(14-15)8-13-10(16)7-11(12)4-2-5-11/h3,6H,2,4-5,7-8,12H2,1H3,(H,13,16). The molecule has 1 fully saturated rings. The lowest BCUT2D eigenvalue weighted by Crippen LogP contribution is -2.49. The Kier molecular flexibility index (Phi) is 2.96. The zero-order valence-electron chi connectivity index (χ0n) is 9.57. The van der Waals surface area contributed by atoms with Crippen LogP contribution in [0.15, 0.2) is 12.3 Å². The summed E-state index contributed by atoms with van der Waals surface area (Å²) in [6.45, 7) is 0.482. The first-order valence-electron chi connectivity index (χ1n) is 5.62. The van der Waals surface area contributed by atoms with Gasteiger partial charge in [-0.25, -0.2) is 0 Å². The van der Waals surface area contributed by atoms with Crippen molar-refractivity contribution in [3.05, 3.63) is 18.0 Å². The Morgan fingerprint density at radius 3 is 2.94 bits per heavy atom. The fraction of sp³-hybridized carbons (Fsp3) is 0.636. The van der Waals surface area contributed by atoms with Gasteiger partial charge in [-0.05, 0) is 25.3 Å². The number of hydrogen-bond acceptors (Lipinski definition) is 3. The molecule has 1 aromatic rings. The van der Waals surface area contributed by atoms with Crippen LogP contribution in [-0.2, 0) is 18.4 Å². The summed E-state index contributed by atoms with van der Waals surface area (Å²) in [6.07, 6.45) is 5.36. The van der Waals surface area contributed by atoms with Gasteiger partial charge in [0.1, 0.15) is 0 Å². The van der Waals surface area contributed by atoms with Gasteiger partial charge in [-0.3, -0.25) is 9.48 Å². The first kappa shape index (κ1) is 11.1. The Morgan fingerprint density at radius 1 is 1.69 bits per heavy atom. The third-order valence-corrected chi connectivity index (χ3v) is 3.10. The number of nitrogens with two attached hydrogens (primary N) is 1. The highest BCUT2D eigenvalue weighted by molar-refractivity contribution is 5.77. The maximum atomic E-state index is 11.6. The number of hydrogen-bond donors (Lipinski definition) is 2. The molecule has 88 valence electrons. The molecule has 0 aliphatic heterocycles. The van der Waals surface area contributed by atoms with Crippen LogP contribution in [0.2, 0.25) is 0 Å². The quantitative estimate of drug-likeness (QED) is 0.770. The predicted octanol–water partition coefficient (Wildman–Crippen LogP) is 0.308. The number of carbonyl (C=O) groups is 1. The van der Waals surface area contributed by atoms with Gasteiger partial charge in [0.2, 0.25) is 5.91 Å². The van der Waals surface area contributed by atoms with Crippen LogP contribution in [0, 0.1) is 0 Å². The van der Waals surface area contributed by atoms with Gasteiger partial charge >= 0.3 is 0 Å². The number of amides is 1. The van der Waals surface area contributed by atoms with Crippen LogP contribution in [0.4, 0.5) is 0 Å². The molecule has 1 amide bonds. The Labute approximate surface area is 95.0 Å². The highest BCUT2D eigenvalue weighted by Crippen LogP contribution is 2.31. The minimum Gasteiger partial charge on any atom is -0.350 e. The molecule has 0 spiro atoms. The van der Waals surface area contributed by atoms with Crippen molar-refractivity contribution in [1.29, 1.82) is 0 Å². The van der Waals surface area contributed by atoms with Crippen LogP contribution in [-0.4, -0.2) is 21.2 Å². The van der Waals surface area contributed by atoms with Crippen molar-refractivity contribution in [2.75, 3.05) is 0 Å². The van der Waals surface area contributed by atoms with Crippen LogP contribution in [0.3, 0.4) is 0 Å². The molecule has 0 unspecified atom stereocenters. The van der Waals surface area contributed by atoms with E-state index in [1.807, 2.05) is 19.3 Å². The van der Waals surface area contributed by atoms with Crippen LogP contribution in [0.1, 0.15) is 31.4 Å². The van der Waals surface area contributed by atoms with Gasteiger partial charge in [-0.2, -0.15) is 5.10 Å². The van der Waals surface area contributed by atoms with E-state index in [0.29, 0.717) is 13.0 Å². The van der Waals surface area contributed by atoms with Gasteiger partial charge < -0.3 is 11.1 Å². The van der Waals surface area contributed by atoms with E-state index in [2.05, 4.69) is 10.4 Å². The molecule has 1 heterocycles. The average molecular weight is 222 g/mol.